The van der Waals surface area contributed by atoms with Crippen molar-refractivity contribution in [1.29, 1.82) is 0 Å². The number of para-hydroxylation sites is 1. The van der Waals surface area contributed by atoms with Crippen molar-refractivity contribution in [2.75, 3.05) is 6.54 Å². The molecule has 0 saturated carbocycles. The van der Waals surface area contributed by atoms with Gasteiger partial charge in [0.05, 0.1) is 11.6 Å². The summed E-state index contributed by atoms with van der Waals surface area (Å²) in [6.07, 6.45) is 1.72. The number of aromatic nitrogens is 1. The number of benzene rings is 1. The highest BCUT2D eigenvalue weighted by Crippen LogP contribution is 2.24. The highest BCUT2D eigenvalue weighted by Gasteiger charge is 2.34. The number of fused-ring (bicyclic) bond motifs is 1. The second-order valence-corrected chi connectivity index (χ2v) is 17.2. The van der Waals surface area contributed by atoms with Crippen molar-refractivity contribution in [3.8, 4) is 0 Å². The highest BCUT2D eigenvalue weighted by atomic mass is 16.6. The van der Waals surface area contributed by atoms with E-state index in [4.69, 9.17) is 21.9 Å². The van der Waals surface area contributed by atoms with Crippen LogP contribution in [-0.2, 0) is 39.9 Å². The summed E-state index contributed by atoms with van der Waals surface area (Å²) in [5.74, 6) is -5.75. The summed E-state index contributed by atoms with van der Waals surface area (Å²) in [5, 5.41) is 23.7. The lowest BCUT2D eigenvalue weighted by atomic mass is 9.98. The fraction of sp³-hybridized carbons (Fsp3) is 0.619. The quantitative estimate of drug-likeness (QED) is 0.0464. The van der Waals surface area contributed by atoms with Crippen molar-refractivity contribution < 1.29 is 43.4 Å². The number of nitrogens with one attached hydrogen (secondary N) is 5. The summed E-state index contributed by atoms with van der Waals surface area (Å²) < 4.78 is 6.94. The molecule has 1 heterocycles. The third-order valence-corrected chi connectivity index (χ3v) is 9.90. The number of hydrogen-bond acceptors (Lipinski definition) is 10. The normalized spacial score (nSPS) is 15.0. The highest BCUT2D eigenvalue weighted by molar-refractivity contribution is 5.97. The zero-order valence-electron chi connectivity index (χ0n) is 37.2. The number of guanidine groups is 1. The fourth-order valence-corrected chi connectivity index (χ4v) is 6.27. The van der Waals surface area contributed by atoms with E-state index >= 15 is 0 Å². The van der Waals surface area contributed by atoms with Crippen LogP contribution in [0, 0.1) is 17.8 Å². The Hall–Kier alpha value is -5.72. The van der Waals surface area contributed by atoms with Crippen molar-refractivity contribution in [1.82, 2.24) is 31.2 Å². The molecule has 0 aliphatic heterocycles. The van der Waals surface area contributed by atoms with Gasteiger partial charge in [-0.25, -0.2) is 9.59 Å². The maximum atomic E-state index is 14.4. The molecule has 0 saturated heterocycles. The molecule has 0 fully saturated rings. The number of hydrogen-bond donors (Lipinski definition) is 9. The van der Waals surface area contributed by atoms with Gasteiger partial charge in [-0.3, -0.25) is 33.5 Å². The molecule has 0 radical (unpaired) electrons. The number of aliphatic imine (C=N–C) groups is 1. The molecule has 7 atom stereocenters. The maximum Gasteiger partial charge on any atom is 0.419 e. The number of carboxylic acids is 1. The van der Waals surface area contributed by atoms with Crippen molar-refractivity contribution >= 4 is 58.5 Å². The molecule has 61 heavy (non-hydrogen) atoms. The van der Waals surface area contributed by atoms with Gasteiger partial charge in [-0.05, 0) is 76.3 Å². The van der Waals surface area contributed by atoms with Crippen LogP contribution in [0.3, 0.4) is 0 Å². The van der Waals surface area contributed by atoms with E-state index in [1.165, 1.54) is 17.7 Å². The molecule has 1 aromatic heterocycles. The number of aliphatic carboxylic acids is 1. The first kappa shape index (κ1) is 51.4. The van der Waals surface area contributed by atoms with E-state index in [1.54, 1.807) is 58.9 Å². The molecule has 0 unspecified atom stereocenters. The van der Waals surface area contributed by atoms with Gasteiger partial charge in [0, 0.05) is 24.5 Å². The van der Waals surface area contributed by atoms with Crippen molar-refractivity contribution in [3.05, 3.63) is 36.0 Å². The Labute approximate surface area is 358 Å². The molecule has 0 aliphatic carbocycles. The Morgan fingerprint density at radius 2 is 1.39 bits per heavy atom. The average Bonchev–Trinajstić information content (AvgIpc) is 3.53. The summed E-state index contributed by atoms with van der Waals surface area (Å²) in [6, 6.07) is -0.0971. The summed E-state index contributed by atoms with van der Waals surface area (Å²) in [7, 11) is 0. The first-order valence-corrected chi connectivity index (χ1v) is 20.7. The number of nitrogens with zero attached hydrogens (tertiary/aromatic N) is 2. The average molecular weight is 857 g/mol. The predicted octanol–water partition coefficient (Wildman–Crippen LogP) is 1.62. The first-order valence-electron chi connectivity index (χ1n) is 20.7. The van der Waals surface area contributed by atoms with Crippen molar-refractivity contribution in [2.24, 2.45) is 39.9 Å². The number of carboxylic acid groups (broad SMARTS) is 1. The Kier molecular flexibility index (Phi) is 19.7. The van der Waals surface area contributed by atoms with E-state index in [-0.39, 0.29) is 50.0 Å². The molecule has 340 valence electrons. The summed E-state index contributed by atoms with van der Waals surface area (Å²) in [4.78, 5) is 97.6. The molecule has 0 aliphatic rings. The van der Waals surface area contributed by atoms with Gasteiger partial charge in [0.1, 0.15) is 35.8 Å². The Bertz CT molecular complexity index is 1880. The third kappa shape index (κ3) is 16.3. The van der Waals surface area contributed by atoms with E-state index in [9.17, 15) is 38.7 Å². The van der Waals surface area contributed by atoms with Crippen LogP contribution in [0.4, 0.5) is 4.79 Å². The molecule has 12 N–H and O–H groups in total. The largest absolute Gasteiger partial charge is 0.480 e. The monoisotopic (exact) mass is 857 g/mol. The second kappa shape index (κ2) is 23.3. The van der Waals surface area contributed by atoms with E-state index in [1.807, 2.05) is 27.7 Å². The molecule has 0 spiro atoms. The van der Waals surface area contributed by atoms with Crippen molar-refractivity contribution in [3.63, 3.8) is 0 Å². The fourth-order valence-electron chi connectivity index (χ4n) is 6.27. The number of carbonyl (C=O) groups excluding carboxylic acids is 6. The minimum atomic E-state index is -1.35. The number of nitrogens with two attached hydrogens (primary N) is 3. The van der Waals surface area contributed by atoms with Crippen LogP contribution in [0.5, 0.6) is 0 Å². The molecular formula is C42H68N10O9. The lowest BCUT2D eigenvalue weighted by molar-refractivity contribution is -0.142. The van der Waals surface area contributed by atoms with Crippen LogP contribution >= 0.6 is 0 Å². The molecule has 0 bridgehead atoms. The summed E-state index contributed by atoms with van der Waals surface area (Å²) in [6.45, 7) is 17.5. The smallest absolute Gasteiger partial charge is 0.419 e. The lowest BCUT2D eigenvalue weighted by Gasteiger charge is -2.28. The lowest BCUT2D eigenvalue weighted by Crippen LogP contribution is -2.60. The van der Waals surface area contributed by atoms with Gasteiger partial charge in [-0.2, -0.15) is 0 Å². The van der Waals surface area contributed by atoms with Gasteiger partial charge in [0.2, 0.25) is 29.5 Å². The molecule has 19 heteroatoms. The van der Waals surface area contributed by atoms with Crippen LogP contribution < -0.4 is 43.8 Å². The maximum absolute atomic E-state index is 14.4. The van der Waals surface area contributed by atoms with Crippen LogP contribution in [0.15, 0.2) is 35.5 Å². The Balaban J connectivity index is 2.50. The number of amides is 5. The van der Waals surface area contributed by atoms with Crippen LogP contribution in [0.2, 0.25) is 0 Å². The van der Waals surface area contributed by atoms with Crippen molar-refractivity contribution in [2.45, 2.75) is 143 Å². The van der Waals surface area contributed by atoms with Crippen LogP contribution in [0.1, 0.15) is 100 Å². The molecular weight excluding hydrogens is 789 g/mol. The minimum Gasteiger partial charge on any atom is -0.480 e. The van der Waals surface area contributed by atoms with E-state index in [2.05, 4.69) is 31.6 Å². The standard InChI is InChI=1S/C42H68N10O9/c1-11-24(6)32(43)37(56)47-25(7)34(53)49-30(20-26-21-52(41(60)61-42(8,9)10)31-17-13-12-15-27(26)31)35(54)50-29(19-22(2)3)36(55)51-33(23(4)5)38(57)48-28(39(58)59)16-14-18-46-40(44)45/h12-13,15,17,21-25,28-30,32-33H,11,14,16,18-20,43H2,1-10H3,(H,47,56)(H,48,57)(H,49,53)(H,50,54)(H,51,55)(H,58,59)(H4,44,45,46)/t24-,25-,28-,29-,30-,32-,33-/m0/s1. The SMILES string of the molecule is CC[C@H](C)[C@H](N)C(=O)N[C@@H](C)C(=O)N[C@@H](Cc1cn(C(=O)OC(C)(C)C)c2ccccc12)C(=O)N[C@@H](CC(C)C)C(=O)N[C@H](C(=O)N[C@@H](CCCN=C(N)N)C(=O)O)C(C)C. The Morgan fingerprint density at radius 3 is 1.95 bits per heavy atom. The topological polar surface area (TPSA) is 304 Å². The number of ether oxygens (including phenoxy) is 1. The summed E-state index contributed by atoms with van der Waals surface area (Å²) >= 11 is 0. The molecule has 19 nitrogen and oxygen atoms in total. The molecule has 2 rings (SSSR count). The van der Waals surface area contributed by atoms with Gasteiger partial charge in [0.15, 0.2) is 5.96 Å². The van der Waals surface area contributed by atoms with E-state index in [0.717, 1.165) is 0 Å². The molecule has 5 amide bonds. The second-order valence-electron chi connectivity index (χ2n) is 17.2. The zero-order chi connectivity index (χ0) is 46.4. The predicted molar refractivity (Wildman–Crippen MR) is 232 cm³/mol. The molecule has 1 aromatic carbocycles. The minimum absolute atomic E-state index is 0.0131. The van der Waals surface area contributed by atoms with Gasteiger partial charge in [-0.1, -0.05) is 66.2 Å². The van der Waals surface area contributed by atoms with Gasteiger partial charge in [0.25, 0.3) is 0 Å². The molecule has 2 aromatic rings. The van der Waals surface area contributed by atoms with Gasteiger partial charge in [-0.15, -0.1) is 0 Å². The van der Waals surface area contributed by atoms with E-state index < -0.39 is 89.4 Å². The number of rotatable bonds is 22. The number of carbonyl (C=O) groups is 7. The van der Waals surface area contributed by atoms with Gasteiger partial charge >= 0.3 is 12.1 Å². The summed E-state index contributed by atoms with van der Waals surface area (Å²) in [5.41, 5.74) is 17.0. The zero-order valence-corrected chi connectivity index (χ0v) is 37.2. The van der Waals surface area contributed by atoms with Crippen LogP contribution in [-0.4, -0.2) is 106 Å². The van der Waals surface area contributed by atoms with Gasteiger partial charge < -0.3 is 53.6 Å². The third-order valence-electron chi connectivity index (χ3n) is 9.90. The Morgan fingerprint density at radius 1 is 0.803 bits per heavy atom. The van der Waals surface area contributed by atoms with Crippen LogP contribution in [0.25, 0.3) is 10.9 Å². The first-order chi connectivity index (χ1) is 28.4. The van der Waals surface area contributed by atoms with E-state index in [0.29, 0.717) is 22.9 Å².